The van der Waals surface area contributed by atoms with Gasteiger partial charge in [0.25, 0.3) is 0 Å². The number of halogens is 1. The van der Waals surface area contributed by atoms with Crippen LogP contribution < -0.4 is 0 Å². The van der Waals surface area contributed by atoms with E-state index in [-0.39, 0.29) is 20.1 Å². The molecule has 11 heavy (non-hydrogen) atoms. The molecular formula is C6H4FIrNO2. The molecule has 61 valence electrons. The number of carboxylic acids is 1. The summed E-state index contributed by atoms with van der Waals surface area (Å²) in [6, 6.07) is 2.39. The van der Waals surface area contributed by atoms with Gasteiger partial charge in [0.1, 0.15) is 0 Å². The molecule has 1 aromatic rings. The van der Waals surface area contributed by atoms with Gasteiger partial charge < -0.3 is 5.11 Å². The van der Waals surface area contributed by atoms with Crippen LogP contribution in [-0.2, 0) is 20.1 Å². The minimum Gasteiger partial charge on any atom is -0.476 e. The van der Waals surface area contributed by atoms with Gasteiger partial charge in [0.15, 0.2) is 11.5 Å². The first-order chi connectivity index (χ1) is 4.72. The minimum absolute atomic E-state index is 0. The van der Waals surface area contributed by atoms with Crippen LogP contribution in [0.2, 0.25) is 0 Å². The normalized spacial score (nSPS) is 8.45. The second-order valence-corrected chi connectivity index (χ2v) is 1.64. The predicted octanol–water partition coefficient (Wildman–Crippen LogP) is 0.916. The number of hydrogen-bond acceptors (Lipinski definition) is 2. The molecule has 0 aliphatic heterocycles. The standard InChI is InChI=1S/C6H4FNO2.Ir/c7-4-2-1-3-8-5(4)6(9)10;/h1-3H,(H,9,10);. The Morgan fingerprint density at radius 3 is 2.64 bits per heavy atom. The van der Waals surface area contributed by atoms with Gasteiger partial charge in [-0.15, -0.1) is 0 Å². The molecule has 0 spiro atoms. The van der Waals surface area contributed by atoms with Gasteiger partial charge in [0.05, 0.1) is 0 Å². The summed E-state index contributed by atoms with van der Waals surface area (Å²) in [6.07, 6.45) is 1.23. The van der Waals surface area contributed by atoms with Gasteiger partial charge in [-0.3, -0.25) is 0 Å². The zero-order chi connectivity index (χ0) is 7.56. The van der Waals surface area contributed by atoms with E-state index in [4.69, 9.17) is 5.11 Å². The van der Waals surface area contributed by atoms with Crippen molar-refractivity contribution in [3.8, 4) is 0 Å². The maximum atomic E-state index is 12.4. The Bertz CT molecular complexity index is 267. The summed E-state index contributed by atoms with van der Waals surface area (Å²) in [5, 5.41) is 8.26. The summed E-state index contributed by atoms with van der Waals surface area (Å²) >= 11 is 0. The van der Waals surface area contributed by atoms with E-state index in [1.54, 1.807) is 0 Å². The van der Waals surface area contributed by atoms with Crippen LogP contribution in [0.5, 0.6) is 0 Å². The van der Waals surface area contributed by atoms with Crippen molar-refractivity contribution in [2.45, 2.75) is 0 Å². The summed E-state index contributed by atoms with van der Waals surface area (Å²) in [4.78, 5) is 13.4. The van der Waals surface area contributed by atoms with Crippen LogP contribution in [0.3, 0.4) is 0 Å². The van der Waals surface area contributed by atoms with Gasteiger partial charge in [-0.2, -0.15) is 0 Å². The molecule has 0 aromatic carbocycles. The van der Waals surface area contributed by atoms with Crippen molar-refractivity contribution in [3.63, 3.8) is 0 Å². The molecule has 1 rings (SSSR count). The maximum absolute atomic E-state index is 12.4. The van der Waals surface area contributed by atoms with Crippen LogP contribution in [0.4, 0.5) is 4.39 Å². The monoisotopic (exact) mass is 334 g/mol. The van der Waals surface area contributed by atoms with Gasteiger partial charge in [-0.25, -0.2) is 14.2 Å². The Morgan fingerprint density at radius 2 is 2.27 bits per heavy atom. The van der Waals surface area contributed by atoms with E-state index in [2.05, 4.69) is 4.98 Å². The third-order valence-corrected chi connectivity index (χ3v) is 0.961. The van der Waals surface area contributed by atoms with E-state index in [9.17, 15) is 9.18 Å². The van der Waals surface area contributed by atoms with Crippen LogP contribution >= 0.6 is 0 Å². The van der Waals surface area contributed by atoms with E-state index in [1.807, 2.05) is 0 Å². The van der Waals surface area contributed by atoms with E-state index in [0.717, 1.165) is 6.07 Å². The fraction of sp³-hybridized carbons (Fsp3) is 0. The van der Waals surface area contributed by atoms with Gasteiger partial charge >= 0.3 is 5.97 Å². The molecule has 0 fully saturated rings. The molecular weight excluding hydrogens is 329 g/mol. The van der Waals surface area contributed by atoms with E-state index >= 15 is 0 Å². The second-order valence-electron chi connectivity index (χ2n) is 1.64. The molecule has 0 bridgehead atoms. The zero-order valence-corrected chi connectivity index (χ0v) is 7.64. The van der Waals surface area contributed by atoms with Crippen LogP contribution in [-0.4, -0.2) is 16.1 Å². The number of nitrogens with zero attached hydrogens (tertiary/aromatic N) is 1. The van der Waals surface area contributed by atoms with E-state index in [0.29, 0.717) is 0 Å². The molecule has 0 saturated carbocycles. The third kappa shape index (κ3) is 2.36. The number of carboxylic acid groups (broad SMARTS) is 1. The fourth-order valence-corrected chi connectivity index (χ4v) is 0.543. The van der Waals surface area contributed by atoms with Crippen molar-refractivity contribution >= 4 is 5.97 Å². The molecule has 0 saturated heterocycles. The van der Waals surface area contributed by atoms with Crippen LogP contribution in [0.25, 0.3) is 0 Å². The molecule has 3 nitrogen and oxygen atoms in total. The summed E-state index contributed by atoms with van der Waals surface area (Å²) in [5.41, 5.74) is -0.539. The van der Waals surface area contributed by atoms with Crippen molar-refractivity contribution in [2.24, 2.45) is 0 Å². The summed E-state index contributed by atoms with van der Waals surface area (Å²) in [6.45, 7) is 0. The molecule has 0 aliphatic carbocycles. The average Bonchev–Trinajstić information content (AvgIpc) is 1.88. The molecule has 0 unspecified atom stereocenters. The molecule has 0 atom stereocenters. The van der Waals surface area contributed by atoms with Crippen LogP contribution in [0.1, 0.15) is 10.5 Å². The van der Waals surface area contributed by atoms with Gasteiger partial charge in [0, 0.05) is 26.3 Å². The van der Waals surface area contributed by atoms with Crippen molar-refractivity contribution in [3.05, 3.63) is 29.8 Å². The number of hydrogen-bond donors (Lipinski definition) is 1. The number of aromatic nitrogens is 1. The van der Waals surface area contributed by atoms with Gasteiger partial charge in [-0.05, 0) is 12.1 Å². The smallest absolute Gasteiger partial charge is 0.357 e. The number of pyridine rings is 1. The van der Waals surface area contributed by atoms with Crippen molar-refractivity contribution in [1.82, 2.24) is 4.98 Å². The largest absolute Gasteiger partial charge is 0.476 e. The Morgan fingerprint density at radius 1 is 1.64 bits per heavy atom. The molecule has 1 heterocycles. The van der Waals surface area contributed by atoms with Gasteiger partial charge in [-0.1, -0.05) is 0 Å². The average molecular weight is 333 g/mol. The number of carbonyl (C=O) groups is 1. The molecule has 1 aromatic heterocycles. The van der Waals surface area contributed by atoms with Crippen LogP contribution in [0.15, 0.2) is 18.3 Å². The van der Waals surface area contributed by atoms with Crippen molar-refractivity contribution in [2.75, 3.05) is 0 Å². The van der Waals surface area contributed by atoms with Crippen LogP contribution in [0, 0.1) is 5.82 Å². The quantitative estimate of drug-likeness (QED) is 0.831. The minimum atomic E-state index is -1.35. The molecule has 0 amide bonds. The fourth-order valence-electron chi connectivity index (χ4n) is 0.543. The third-order valence-electron chi connectivity index (χ3n) is 0.961. The second kappa shape index (κ2) is 4.16. The molecule has 1 radical (unpaired) electrons. The Labute approximate surface area is 75.6 Å². The summed E-state index contributed by atoms with van der Waals surface area (Å²) < 4.78 is 12.4. The van der Waals surface area contributed by atoms with Crippen molar-refractivity contribution < 1.29 is 34.4 Å². The first-order valence-electron chi connectivity index (χ1n) is 2.55. The van der Waals surface area contributed by atoms with E-state index in [1.165, 1.54) is 12.3 Å². The summed E-state index contributed by atoms with van der Waals surface area (Å²) in [7, 11) is 0. The zero-order valence-electron chi connectivity index (χ0n) is 5.25. The SMILES string of the molecule is O=C(O)c1ncccc1F.[Ir]. The predicted molar refractivity (Wildman–Crippen MR) is 31.2 cm³/mol. The molecule has 0 aliphatic rings. The maximum Gasteiger partial charge on any atom is 0.357 e. The van der Waals surface area contributed by atoms with Gasteiger partial charge in [0.2, 0.25) is 0 Å². The summed E-state index contributed by atoms with van der Waals surface area (Å²) in [5.74, 6) is -2.16. The number of rotatable bonds is 1. The Kier molecular flexibility index (Phi) is 3.85. The first kappa shape index (κ1) is 10.2. The van der Waals surface area contributed by atoms with E-state index < -0.39 is 17.5 Å². The first-order valence-corrected chi connectivity index (χ1v) is 2.55. The number of aromatic carboxylic acids is 1. The Hall–Kier alpha value is -0.801. The topological polar surface area (TPSA) is 50.2 Å². The Balaban J connectivity index is 0.000001000. The van der Waals surface area contributed by atoms with Crippen molar-refractivity contribution in [1.29, 1.82) is 0 Å². The molecule has 1 N–H and O–H groups in total. The molecule has 5 heteroatoms.